The van der Waals surface area contributed by atoms with Crippen LogP contribution in [0.1, 0.15) is 50.5 Å². The van der Waals surface area contributed by atoms with Crippen LogP contribution < -0.4 is 10.6 Å². The van der Waals surface area contributed by atoms with Crippen molar-refractivity contribution in [2.75, 3.05) is 17.2 Å². The van der Waals surface area contributed by atoms with Gasteiger partial charge in [0.05, 0.1) is 23.3 Å². The molecule has 0 aromatic heterocycles. The van der Waals surface area contributed by atoms with Gasteiger partial charge in [-0.3, -0.25) is 19.2 Å². The number of Topliss-reactive ketones (excluding diaryl/α,β-unsaturated/α-hetero) is 1. The van der Waals surface area contributed by atoms with Crippen LogP contribution in [-0.2, 0) is 19.2 Å². The summed E-state index contributed by atoms with van der Waals surface area (Å²) in [6.45, 7) is 8.29. The highest BCUT2D eigenvalue weighted by molar-refractivity contribution is 8.00. The molecule has 1 aliphatic rings. The van der Waals surface area contributed by atoms with Crippen molar-refractivity contribution in [1.29, 1.82) is 0 Å². The van der Waals surface area contributed by atoms with Crippen molar-refractivity contribution in [3.8, 4) is 0 Å². The minimum absolute atomic E-state index is 0.0104. The van der Waals surface area contributed by atoms with E-state index in [4.69, 9.17) is 27.5 Å². The number of nitrogens with two attached hydrogens (primary N) is 1. The maximum absolute atomic E-state index is 13.1. The Morgan fingerprint density at radius 1 is 1.05 bits per heavy atom. The van der Waals surface area contributed by atoms with Crippen molar-refractivity contribution >= 4 is 63.5 Å². The zero-order chi connectivity index (χ0) is 30.5. The standard InChI is InChI=1S/C24H24ClNOS.C7H11NO5/c1-24(2,3)15-26-21-12-11-17(25)13-20(21)23(28-14-22(26)27)19-10-6-8-16-7-4-5-9-18(16)19;1-3(9)4(2-5(10)11)6(8)7(12)13/h4-13,23H,14-15H2,1-3H3;4,6H,2,8H2,1H3,(H,10,11)(H,12,13)/t;4?,6-/m.0/s1. The molecule has 0 spiro atoms. The molecule has 1 amide bonds. The Kier molecular flexibility index (Phi) is 10.6. The molecule has 1 aliphatic heterocycles. The third kappa shape index (κ3) is 8.31. The normalized spacial score (nSPS) is 16.6. The lowest BCUT2D eigenvalue weighted by molar-refractivity contribution is -0.145. The summed E-state index contributed by atoms with van der Waals surface area (Å²) in [5, 5.41) is 20.0. The first-order valence-corrected chi connectivity index (χ1v) is 14.5. The predicted molar refractivity (Wildman–Crippen MR) is 164 cm³/mol. The van der Waals surface area contributed by atoms with Crippen molar-refractivity contribution in [2.24, 2.45) is 17.1 Å². The molecule has 41 heavy (non-hydrogen) atoms. The molecule has 1 heterocycles. The second-order valence-corrected chi connectivity index (χ2v) is 12.7. The summed E-state index contributed by atoms with van der Waals surface area (Å²) in [6.07, 6.45) is -0.553. The van der Waals surface area contributed by atoms with E-state index in [0.717, 1.165) is 18.2 Å². The van der Waals surface area contributed by atoms with Crippen LogP contribution in [0.4, 0.5) is 5.69 Å². The van der Waals surface area contributed by atoms with E-state index in [1.165, 1.54) is 16.3 Å². The molecule has 0 aliphatic carbocycles. The molecule has 10 heteroatoms. The van der Waals surface area contributed by atoms with Gasteiger partial charge in [0.1, 0.15) is 11.8 Å². The number of carbonyl (C=O) groups excluding carboxylic acids is 2. The van der Waals surface area contributed by atoms with Gasteiger partial charge in [0.2, 0.25) is 5.91 Å². The molecule has 3 aromatic rings. The van der Waals surface area contributed by atoms with E-state index >= 15 is 0 Å². The van der Waals surface area contributed by atoms with E-state index in [-0.39, 0.29) is 16.6 Å². The highest BCUT2D eigenvalue weighted by atomic mass is 35.5. The van der Waals surface area contributed by atoms with Crippen molar-refractivity contribution in [2.45, 2.75) is 45.4 Å². The van der Waals surface area contributed by atoms with Crippen LogP contribution in [0.2, 0.25) is 5.02 Å². The number of carboxylic acid groups (broad SMARTS) is 2. The number of anilines is 1. The van der Waals surface area contributed by atoms with Crippen LogP contribution in [-0.4, -0.2) is 52.2 Å². The fourth-order valence-electron chi connectivity index (χ4n) is 4.71. The first kappa shape index (κ1) is 32.1. The van der Waals surface area contributed by atoms with Crippen LogP contribution in [0.3, 0.4) is 0 Å². The molecule has 8 nitrogen and oxygen atoms in total. The molecule has 0 bridgehead atoms. The topological polar surface area (TPSA) is 138 Å². The number of thioether (sulfide) groups is 1. The number of fused-ring (bicyclic) bond motifs is 2. The quantitative estimate of drug-likeness (QED) is 0.311. The maximum Gasteiger partial charge on any atom is 0.321 e. The summed E-state index contributed by atoms with van der Waals surface area (Å²) < 4.78 is 0. The van der Waals surface area contributed by atoms with Gasteiger partial charge in [0.25, 0.3) is 0 Å². The predicted octanol–water partition coefficient (Wildman–Crippen LogP) is 5.79. The lowest BCUT2D eigenvalue weighted by Crippen LogP contribution is -2.42. The summed E-state index contributed by atoms with van der Waals surface area (Å²) in [5.41, 5.74) is 8.46. The number of rotatable bonds is 7. The van der Waals surface area contributed by atoms with Gasteiger partial charge < -0.3 is 20.8 Å². The Bertz CT molecular complexity index is 1450. The largest absolute Gasteiger partial charge is 0.481 e. The molecule has 0 fully saturated rings. The maximum atomic E-state index is 13.1. The third-order valence-corrected chi connectivity index (χ3v) is 8.10. The van der Waals surface area contributed by atoms with Crippen molar-refractivity contribution < 1.29 is 29.4 Å². The second kappa shape index (κ2) is 13.5. The minimum atomic E-state index is -1.45. The molecule has 3 atom stereocenters. The highest BCUT2D eigenvalue weighted by Crippen LogP contribution is 2.46. The Labute approximate surface area is 248 Å². The lowest BCUT2D eigenvalue weighted by Gasteiger charge is -2.30. The Hall–Kier alpha value is -3.40. The molecule has 4 N–H and O–H groups in total. The van der Waals surface area contributed by atoms with Gasteiger partial charge in [-0.05, 0) is 52.4 Å². The molecule has 3 aromatic carbocycles. The van der Waals surface area contributed by atoms with Gasteiger partial charge in [-0.1, -0.05) is 74.8 Å². The smallest absolute Gasteiger partial charge is 0.321 e. The van der Waals surface area contributed by atoms with E-state index in [1.807, 2.05) is 23.1 Å². The summed E-state index contributed by atoms with van der Waals surface area (Å²) in [7, 11) is 0. The number of benzene rings is 3. The second-order valence-electron chi connectivity index (χ2n) is 11.2. The van der Waals surface area contributed by atoms with Crippen LogP contribution in [0.5, 0.6) is 0 Å². The average molecular weight is 599 g/mol. The monoisotopic (exact) mass is 598 g/mol. The number of ketones is 1. The van der Waals surface area contributed by atoms with E-state index in [0.29, 0.717) is 17.3 Å². The van der Waals surface area contributed by atoms with E-state index in [9.17, 15) is 19.2 Å². The summed E-state index contributed by atoms with van der Waals surface area (Å²) in [5.74, 6) is -3.69. The zero-order valence-corrected chi connectivity index (χ0v) is 25.0. The van der Waals surface area contributed by atoms with Crippen molar-refractivity contribution in [3.63, 3.8) is 0 Å². The van der Waals surface area contributed by atoms with Crippen LogP contribution >= 0.6 is 23.4 Å². The first-order valence-electron chi connectivity index (χ1n) is 13.1. The number of hydrogen-bond donors (Lipinski definition) is 3. The fraction of sp³-hybridized carbons (Fsp3) is 0.355. The minimum Gasteiger partial charge on any atom is -0.481 e. The molecule has 0 saturated carbocycles. The van der Waals surface area contributed by atoms with Gasteiger partial charge in [-0.15, -0.1) is 11.8 Å². The SMILES string of the molecule is CC(=O)C(CC(=O)O)[C@H](N)C(=O)O.CC(C)(C)CN1C(=O)CSC(c2cccc3ccccc23)c2cc(Cl)ccc21. The molecule has 218 valence electrons. The molecular formula is C31H35ClN2O6S. The molecule has 2 unspecified atom stereocenters. The number of amides is 1. The number of hydrogen-bond acceptors (Lipinski definition) is 6. The first-order chi connectivity index (χ1) is 19.2. The van der Waals surface area contributed by atoms with Crippen LogP contribution in [0, 0.1) is 11.3 Å². The number of carbonyl (C=O) groups is 4. The van der Waals surface area contributed by atoms with Crippen molar-refractivity contribution in [1.82, 2.24) is 0 Å². The number of halogens is 1. The third-order valence-electron chi connectivity index (χ3n) is 6.61. The Balaban J connectivity index is 0.000000302. The van der Waals surface area contributed by atoms with Gasteiger partial charge in [-0.2, -0.15) is 0 Å². The summed E-state index contributed by atoms with van der Waals surface area (Å²) >= 11 is 8.10. The van der Waals surface area contributed by atoms with Gasteiger partial charge in [-0.25, -0.2) is 0 Å². The molecule has 0 radical (unpaired) electrons. The summed E-state index contributed by atoms with van der Waals surface area (Å²) in [6, 6.07) is 19.3. The van der Waals surface area contributed by atoms with Gasteiger partial charge >= 0.3 is 11.9 Å². The Morgan fingerprint density at radius 2 is 1.71 bits per heavy atom. The number of carboxylic acids is 2. The van der Waals surface area contributed by atoms with E-state index in [2.05, 4.69) is 63.2 Å². The zero-order valence-electron chi connectivity index (χ0n) is 23.5. The van der Waals surface area contributed by atoms with E-state index in [1.54, 1.807) is 11.8 Å². The number of aliphatic carboxylic acids is 2. The van der Waals surface area contributed by atoms with Crippen molar-refractivity contribution in [3.05, 3.63) is 76.8 Å². The lowest BCUT2D eigenvalue weighted by atomic mass is 9.93. The molecule has 0 saturated heterocycles. The number of nitrogens with zero attached hydrogens (tertiary/aromatic N) is 1. The van der Waals surface area contributed by atoms with Gasteiger partial charge in [0, 0.05) is 17.3 Å². The average Bonchev–Trinajstić information content (AvgIpc) is 3.02. The molecule has 4 rings (SSSR count). The van der Waals surface area contributed by atoms with E-state index < -0.39 is 36.1 Å². The highest BCUT2D eigenvalue weighted by Gasteiger charge is 2.32. The van der Waals surface area contributed by atoms with Crippen LogP contribution in [0.25, 0.3) is 10.8 Å². The summed E-state index contributed by atoms with van der Waals surface area (Å²) in [4.78, 5) is 46.4. The Morgan fingerprint density at radius 3 is 2.32 bits per heavy atom. The fourth-order valence-corrected chi connectivity index (χ4v) is 6.10. The molecular weight excluding hydrogens is 564 g/mol. The van der Waals surface area contributed by atoms with Crippen LogP contribution in [0.15, 0.2) is 60.7 Å². The van der Waals surface area contributed by atoms with Gasteiger partial charge in [0.15, 0.2) is 0 Å².